The summed E-state index contributed by atoms with van der Waals surface area (Å²) in [5, 5.41) is 0. The highest BCUT2D eigenvalue weighted by Gasteiger charge is 2.32. The Kier molecular flexibility index (Phi) is 5.50. The number of likely N-dealkylation sites (tertiary alicyclic amines) is 1. The van der Waals surface area contributed by atoms with Crippen molar-refractivity contribution in [2.24, 2.45) is 0 Å². The molecular weight excluding hydrogens is 308 g/mol. The van der Waals surface area contributed by atoms with Crippen LogP contribution >= 0.6 is 0 Å². The predicted molar refractivity (Wildman–Crippen MR) is 88.3 cm³/mol. The summed E-state index contributed by atoms with van der Waals surface area (Å²) in [5.41, 5.74) is 0. The van der Waals surface area contributed by atoms with E-state index in [0.717, 1.165) is 31.8 Å². The van der Waals surface area contributed by atoms with Crippen LogP contribution in [0.1, 0.15) is 31.5 Å². The zero-order valence-electron chi connectivity index (χ0n) is 14.3. The largest absolute Gasteiger partial charge is 0.365 e. The van der Waals surface area contributed by atoms with Crippen LogP contribution in [0.5, 0.6) is 0 Å². The van der Waals surface area contributed by atoms with Crippen molar-refractivity contribution in [1.82, 2.24) is 19.4 Å². The molecule has 0 radical (unpaired) electrons. The number of carbonyl (C=O) groups is 2. The molecule has 0 saturated carbocycles. The Morgan fingerprint density at radius 1 is 1.21 bits per heavy atom. The highest BCUT2D eigenvalue weighted by atomic mass is 16.5. The van der Waals surface area contributed by atoms with Crippen molar-refractivity contribution >= 4 is 11.8 Å². The maximum atomic E-state index is 12.6. The number of aromatic nitrogens is 2. The van der Waals surface area contributed by atoms with Gasteiger partial charge in [-0.3, -0.25) is 9.59 Å². The lowest BCUT2D eigenvalue weighted by Crippen LogP contribution is -2.53. The summed E-state index contributed by atoms with van der Waals surface area (Å²) < 4.78 is 7.61. The van der Waals surface area contributed by atoms with Gasteiger partial charge < -0.3 is 19.1 Å². The van der Waals surface area contributed by atoms with Crippen molar-refractivity contribution in [3.63, 3.8) is 0 Å². The number of piperidine rings is 1. The van der Waals surface area contributed by atoms with Gasteiger partial charge in [-0.25, -0.2) is 4.98 Å². The molecule has 0 unspecified atom stereocenters. The Hall–Kier alpha value is -1.89. The van der Waals surface area contributed by atoms with E-state index in [1.165, 1.54) is 6.42 Å². The minimum Gasteiger partial charge on any atom is -0.365 e. The molecule has 2 aliphatic heterocycles. The highest BCUT2D eigenvalue weighted by Crippen LogP contribution is 2.15. The number of hydrogen-bond donors (Lipinski definition) is 0. The number of aryl methyl sites for hydroxylation is 2. The first-order chi connectivity index (χ1) is 11.6. The first kappa shape index (κ1) is 17.0. The van der Waals surface area contributed by atoms with E-state index in [1.807, 2.05) is 22.6 Å². The maximum absolute atomic E-state index is 12.6. The van der Waals surface area contributed by atoms with E-state index in [1.54, 1.807) is 11.1 Å². The van der Waals surface area contributed by atoms with E-state index in [4.69, 9.17) is 4.74 Å². The van der Waals surface area contributed by atoms with Gasteiger partial charge in [-0.2, -0.15) is 0 Å². The number of rotatable bonds is 4. The molecule has 0 spiro atoms. The minimum atomic E-state index is -0.504. The SMILES string of the molecule is Cc1nccn1CCC(=O)N1CCO[C@H](C(=O)N2CCCCC2)C1. The van der Waals surface area contributed by atoms with Gasteiger partial charge in [0, 0.05) is 45.0 Å². The van der Waals surface area contributed by atoms with Gasteiger partial charge >= 0.3 is 0 Å². The van der Waals surface area contributed by atoms with Crippen LogP contribution in [0.15, 0.2) is 12.4 Å². The highest BCUT2D eigenvalue weighted by molar-refractivity contribution is 5.83. The zero-order chi connectivity index (χ0) is 16.9. The molecule has 0 aliphatic carbocycles. The van der Waals surface area contributed by atoms with Gasteiger partial charge in [-0.15, -0.1) is 0 Å². The molecule has 2 saturated heterocycles. The molecule has 3 heterocycles. The third kappa shape index (κ3) is 3.95. The second-order valence-corrected chi connectivity index (χ2v) is 6.50. The van der Waals surface area contributed by atoms with Crippen LogP contribution in [0.25, 0.3) is 0 Å². The van der Waals surface area contributed by atoms with Crippen LogP contribution in [0.2, 0.25) is 0 Å². The van der Waals surface area contributed by atoms with E-state index in [0.29, 0.717) is 32.7 Å². The van der Waals surface area contributed by atoms with Crippen LogP contribution in [-0.4, -0.2) is 70.1 Å². The molecule has 2 aliphatic rings. The number of morpholine rings is 1. The van der Waals surface area contributed by atoms with Crippen LogP contribution < -0.4 is 0 Å². The fourth-order valence-electron chi connectivity index (χ4n) is 3.36. The second kappa shape index (κ2) is 7.79. The molecule has 3 rings (SSSR count). The van der Waals surface area contributed by atoms with Gasteiger partial charge in [-0.05, 0) is 26.2 Å². The summed E-state index contributed by atoms with van der Waals surface area (Å²) in [7, 11) is 0. The average Bonchev–Trinajstić information content (AvgIpc) is 3.05. The van der Waals surface area contributed by atoms with Crippen molar-refractivity contribution < 1.29 is 14.3 Å². The van der Waals surface area contributed by atoms with E-state index < -0.39 is 6.10 Å². The second-order valence-electron chi connectivity index (χ2n) is 6.50. The fourth-order valence-corrected chi connectivity index (χ4v) is 3.36. The Morgan fingerprint density at radius 3 is 2.71 bits per heavy atom. The van der Waals surface area contributed by atoms with E-state index in [2.05, 4.69) is 4.98 Å². The average molecular weight is 334 g/mol. The molecule has 2 amide bonds. The third-order valence-corrected chi connectivity index (χ3v) is 4.85. The number of nitrogens with zero attached hydrogens (tertiary/aromatic N) is 4. The summed E-state index contributed by atoms with van der Waals surface area (Å²) >= 11 is 0. The minimum absolute atomic E-state index is 0.0395. The predicted octanol–water partition coefficient (Wildman–Crippen LogP) is 0.822. The van der Waals surface area contributed by atoms with E-state index in [-0.39, 0.29) is 11.8 Å². The van der Waals surface area contributed by atoms with Crippen LogP contribution in [0.3, 0.4) is 0 Å². The first-order valence-corrected chi connectivity index (χ1v) is 8.81. The molecule has 0 bridgehead atoms. The number of imidazole rings is 1. The van der Waals surface area contributed by atoms with Gasteiger partial charge in [0.1, 0.15) is 5.82 Å². The van der Waals surface area contributed by atoms with Crippen LogP contribution in [0.4, 0.5) is 0 Å². The quantitative estimate of drug-likeness (QED) is 0.818. The lowest BCUT2D eigenvalue weighted by Gasteiger charge is -2.36. The Morgan fingerprint density at radius 2 is 2.00 bits per heavy atom. The first-order valence-electron chi connectivity index (χ1n) is 8.81. The van der Waals surface area contributed by atoms with Gasteiger partial charge in [0.25, 0.3) is 5.91 Å². The van der Waals surface area contributed by atoms with Gasteiger partial charge in [0.05, 0.1) is 13.2 Å². The van der Waals surface area contributed by atoms with Gasteiger partial charge in [0.2, 0.25) is 5.91 Å². The van der Waals surface area contributed by atoms with Crippen molar-refractivity contribution in [3.05, 3.63) is 18.2 Å². The van der Waals surface area contributed by atoms with Crippen molar-refractivity contribution in [1.29, 1.82) is 0 Å². The summed E-state index contributed by atoms with van der Waals surface area (Å²) in [6.07, 6.45) is 6.84. The van der Waals surface area contributed by atoms with Crippen molar-refractivity contribution in [2.75, 3.05) is 32.8 Å². The summed E-state index contributed by atoms with van der Waals surface area (Å²) in [6, 6.07) is 0. The summed E-state index contributed by atoms with van der Waals surface area (Å²) in [5.74, 6) is 1.02. The molecule has 2 fully saturated rings. The zero-order valence-corrected chi connectivity index (χ0v) is 14.3. The molecule has 0 aromatic carbocycles. The molecule has 132 valence electrons. The smallest absolute Gasteiger partial charge is 0.253 e. The van der Waals surface area contributed by atoms with Crippen molar-refractivity contribution in [3.8, 4) is 0 Å². The topological polar surface area (TPSA) is 67.7 Å². The molecule has 7 heteroatoms. The lowest BCUT2D eigenvalue weighted by atomic mass is 10.1. The Labute approximate surface area is 142 Å². The molecular formula is C17H26N4O3. The number of amides is 2. The molecule has 24 heavy (non-hydrogen) atoms. The van der Waals surface area contributed by atoms with Gasteiger partial charge in [-0.1, -0.05) is 0 Å². The molecule has 1 atom stereocenters. The lowest BCUT2D eigenvalue weighted by molar-refractivity contribution is -0.155. The third-order valence-electron chi connectivity index (χ3n) is 4.85. The molecule has 1 aromatic rings. The molecule has 1 aromatic heterocycles. The monoisotopic (exact) mass is 334 g/mol. The molecule has 0 N–H and O–H groups in total. The number of hydrogen-bond acceptors (Lipinski definition) is 4. The standard InChI is InChI=1S/C17H26N4O3/c1-14-18-6-10-19(14)9-5-16(22)21-11-12-24-15(13-21)17(23)20-7-3-2-4-8-20/h6,10,15H,2-5,7-9,11-13H2,1H3/t15-/m0/s1. The maximum Gasteiger partial charge on any atom is 0.253 e. The molecule has 7 nitrogen and oxygen atoms in total. The Balaban J connectivity index is 1.51. The number of carbonyl (C=O) groups excluding carboxylic acids is 2. The van der Waals surface area contributed by atoms with Crippen LogP contribution in [-0.2, 0) is 20.9 Å². The van der Waals surface area contributed by atoms with E-state index in [9.17, 15) is 9.59 Å². The number of ether oxygens (including phenoxy) is 1. The summed E-state index contributed by atoms with van der Waals surface area (Å²) in [4.78, 5) is 32.8. The van der Waals surface area contributed by atoms with Crippen LogP contribution in [0, 0.1) is 6.92 Å². The fraction of sp³-hybridized carbons (Fsp3) is 0.706. The van der Waals surface area contributed by atoms with Gasteiger partial charge in [0.15, 0.2) is 6.10 Å². The normalized spacial score (nSPS) is 21.8. The van der Waals surface area contributed by atoms with Crippen molar-refractivity contribution in [2.45, 2.75) is 45.3 Å². The van der Waals surface area contributed by atoms with E-state index >= 15 is 0 Å². The summed E-state index contributed by atoms with van der Waals surface area (Å²) in [6.45, 7) is 5.53. The Bertz CT molecular complexity index is 580.